The Morgan fingerprint density at radius 1 is 1.36 bits per heavy atom. The Morgan fingerprint density at radius 2 is 2.00 bits per heavy atom. The standard InChI is InChI=1S/C9H11ClN4/c1-4-6-12-7(9(2,3)5-11)14-8(10)13-6/h4H2,1-3H3. The van der Waals surface area contributed by atoms with Crippen molar-refractivity contribution in [2.45, 2.75) is 32.6 Å². The Kier molecular flexibility index (Phi) is 3.02. The van der Waals surface area contributed by atoms with Crippen LogP contribution in [0.4, 0.5) is 0 Å². The van der Waals surface area contributed by atoms with E-state index < -0.39 is 5.41 Å². The lowest BCUT2D eigenvalue weighted by molar-refractivity contribution is 0.613. The molecule has 0 aliphatic heterocycles. The van der Waals surface area contributed by atoms with Gasteiger partial charge in [-0.1, -0.05) is 6.92 Å². The molecule has 1 aromatic rings. The molecule has 0 atom stereocenters. The normalized spacial score (nSPS) is 11.1. The minimum atomic E-state index is -0.726. The molecule has 0 bridgehead atoms. The number of halogens is 1. The van der Waals surface area contributed by atoms with Crippen LogP contribution in [0.3, 0.4) is 0 Å². The molecule has 0 radical (unpaired) electrons. The van der Waals surface area contributed by atoms with Gasteiger partial charge < -0.3 is 0 Å². The van der Waals surface area contributed by atoms with Gasteiger partial charge in [0.15, 0.2) is 5.82 Å². The van der Waals surface area contributed by atoms with Crippen LogP contribution in [0.1, 0.15) is 32.4 Å². The van der Waals surface area contributed by atoms with Crippen LogP contribution in [-0.4, -0.2) is 15.0 Å². The smallest absolute Gasteiger partial charge is 0.216 e. The molecular formula is C9H11ClN4. The number of rotatable bonds is 2. The second kappa shape index (κ2) is 3.89. The van der Waals surface area contributed by atoms with E-state index in [2.05, 4.69) is 21.0 Å². The SMILES string of the molecule is CCc1nc(Cl)nc(C(C)(C)C#N)n1. The maximum Gasteiger partial charge on any atom is 0.225 e. The molecule has 0 saturated heterocycles. The molecule has 0 aliphatic carbocycles. The molecule has 74 valence electrons. The molecule has 14 heavy (non-hydrogen) atoms. The third kappa shape index (κ3) is 2.18. The maximum atomic E-state index is 8.91. The second-order valence-corrected chi connectivity index (χ2v) is 3.77. The largest absolute Gasteiger partial charge is 0.225 e. The zero-order valence-electron chi connectivity index (χ0n) is 8.37. The van der Waals surface area contributed by atoms with Gasteiger partial charge >= 0.3 is 0 Å². The number of nitriles is 1. The van der Waals surface area contributed by atoms with Gasteiger partial charge in [0.25, 0.3) is 0 Å². The fourth-order valence-electron chi connectivity index (χ4n) is 0.879. The third-order valence-electron chi connectivity index (χ3n) is 1.81. The summed E-state index contributed by atoms with van der Waals surface area (Å²) in [4.78, 5) is 12.0. The molecule has 0 fully saturated rings. The summed E-state index contributed by atoms with van der Waals surface area (Å²) in [6.07, 6.45) is 0.677. The van der Waals surface area contributed by atoms with E-state index in [9.17, 15) is 0 Å². The van der Waals surface area contributed by atoms with Crippen LogP contribution in [0.5, 0.6) is 0 Å². The predicted molar refractivity (Wildman–Crippen MR) is 52.9 cm³/mol. The molecule has 0 N–H and O–H groups in total. The first-order valence-corrected chi connectivity index (χ1v) is 4.69. The quantitative estimate of drug-likeness (QED) is 0.748. The van der Waals surface area contributed by atoms with Crippen molar-refractivity contribution in [3.05, 3.63) is 16.9 Å². The summed E-state index contributed by atoms with van der Waals surface area (Å²) in [5.74, 6) is 1.04. The molecule has 1 aromatic heterocycles. The van der Waals surface area contributed by atoms with Gasteiger partial charge in [0.2, 0.25) is 5.28 Å². The molecule has 4 nitrogen and oxygen atoms in total. The highest BCUT2D eigenvalue weighted by atomic mass is 35.5. The van der Waals surface area contributed by atoms with E-state index in [4.69, 9.17) is 16.9 Å². The highest BCUT2D eigenvalue weighted by molar-refractivity contribution is 6.28. The summed E-state index contributed by atoms with van der Waals surface area (Å²) < 4.78 is 0. The molecule has 1 rings (SSSR count). The molecule has 0 saturated carbocycles. The Hall–Kier alpha value is -1.21. The van der Waals surface area contributed by atoms with E-state index in [1.807, 2.05) is 6.92 Å². The van der Waals surface area contributed by atoms with Gasteiger partial charge in [0.05, 0.1) is 6.07 Å². The summed E-state index contributed by atoms with van der Waals surface area (Å²) in [7, 11) is 0. The first kappa shape index (κ1) is 10.9. The van der Waals surface area contributed by atoms with E-state index in [1.54, 1.807) is 13.8 Å². The minimum Gasteiger partial charge on any atom is -0.216 e. The van der Waals surface area contributed by atoms with Gasteiger partial charge in [0, 0.05) is 6.42 Å². The lowest BCUT2D eigenvalue weighted by atomic mass is 9.95. The molecular weight excluding hydrogens is 200 g/mol. The van der Waals surface area contributed by atoms with Crippen LogP contribution < -0.4 is 0 Å². The summed E-state index contributed by atoms with van der Waals surface area (Å²) in [6, 6.07) is 2.12. The molecule has 0 aliphatic rings. The van der Waals surface area contributed by atoms with Crippen molar-refractivity contribution in [3.63, 3.8) is 0 Å². The Balaban J connectivity index is 3.24. The summed E-state index contributed by atoms with van der Waals surface area (Å²) >= 11 is 5.72. The van der Waals surface area contributed by atoms with Gasteiger partial charge in [-0.3, -0.25) is 0 Å². The number of nitrogens with zero attached hydrogens (tertiary/aromatic N) is 4. The third-order valence-corrected chi connectivity index (χ3v) is 1.98. The average Bonchev–Trinajstić information content (AvgIpc) is 2.16. The molecule has 0 amide bonds. The van der Waals surface area contributed by atoms with Crippen molar-refractivity contribution < 1.29 is 0 Å². The number of aromatic nitrogens is 3. The molecule has 0 unspecified atom stereocenters. The van der Waals surface area contributed by atoms with E-state index in [0.717, 1.165) is 0 Å². The monoisotopic (exact) mass is 210 g/mol. The van der Waals surface area contributed by atoms with Gasteiger partial charge in [0.1, 0.15) is 11.2 Å². The predicted octanol–water partition coefficient (Wildman–Crippen LogP) is 1.89. The van der Waals surface area contributed by atoms with Crippen LogP contribution in [0.15, 0.2) is 0 Å². The molecule has 0 spiro atoms. The molecule has 1 heterocycles. The first-order valence-electron chi connectivity index (χ1n) is 4.31. The number of aryl methyl sites for hydroxylation is 1. The van der Waals surface area contributed by atoms with Gasteiger partial charge in [-0.25, -0.2) is 15.0 Å². The molecule has 5 heteroatoms. The van der Waals surface area contributed by atoms with E-state index >= 15 is 0 Å². The second-order valence-electron chi connectivity index (χ2n) is 3.43. The Bertz CT molecular complexity index is 381. The van der Waals surface area contributed by atoms with Crippen LogP contribution in [0.25, 0.3) is 0 Å². The van der Waals surface area contributed by atoms with Crippen LogP contribution in [0.2, 0.25) is 5.28 Å². The highest BCUT2D eigenvalue weighted by Gasteiger charge is 2.24. The summed E-state index contributed by atoms with van der Waals surface area (Å²) in [5.41, 5.74) is -0.726. The number of hydrogen-bond donors (Lipinski definition) is 0. The van der Waals surface area contributed by atoms with Crippen LogP contribution >= 0.6 is 11.6 Å². The summed E-state index contributed by atoms with van der Waals surface area (Å²) in [6.45, 7) is 5.42. The lowest BCUT2D eigenvalue weighted by Crippen LogP contribution is -2.20. The fourth-order valence-corrected chi connectivity index (χ4v) is 1.06. The average molecular weight is 211 g/mol. The van der Waals surface area contributed by atoms with Gasteiger partial charge in [-0.15, -0.1) is 0 Å². The summed E-state index contributed by atoms with van der Waals surface area (Å²) in [5, 5.41) is 9.06. The van der Waals surface area contributed by atoms with Crippen molar-refractivity contribution in [1.82, 2.24) is 15.0 Å². The fraction of sp³-hybridized carbons (Fsp3) is 0.556. The van der Waals surface area contributed by atoms with E-state index in [1.165, 1.54) is 0 Å². The Labute approximate surface area is 88.0 Å². The van der Waals surface area contributed by atoms with Crippen LogP contribution in [-0.2, 0) is 11.8 Å². The van der Waals surface area contributed by atoms with Crippen molar-refractivity contribution in [2.24, 2.45) is 0 Å². The minimum absolute atomic E-state index is 0.148. The highest BCUT2D eigenvalue weighted by Crippen LogP contribution is 2.19. The van der Waals surface area contributed by atoms with Crippen molar-refractivity contribution in [3.8, 4) is 6.07 Å². The zero-order chi connectivity index (χ0) is 10.8. The van der Waals surface area contributed by atoms with Crippen molar-refractivity contribution >= 4 is 11.6 Å². The van der Waals surface area contributed by atoms with Crippen molar-refractivity contribution in [1.29, 1.82) is 5.26 Å². The van der Waals surface area contributed by atoms with Crippen LogP contribution in [0, 0.1) is 11.3 Å². The van der Waals surface area contributed by atoms with Gasteiger partial charge in [-0.05, 0) is 25.4 Å². The Morgan fingerprint density at radius 3 is 2.50 bits per heavy atom. The topological polar surface area (TPSA) is 62.5 Å². The first-order chi connectivity index (χ1) is 6.49. The van der Waals surface area contributed by atoms with Crippen molar-refractivity contribution in [2.75, 3.05) is 0 Å². The van der Waals surface area contributed by atoms with E-state index in [0.29, 0.717) is 18.1 Å². The molecule has 0 aromatic carbocycles. The lowest BCUT2D eigenvalue weighted by Gasteiger charge is -2.13. The van der Waals surface area contributed by atoms with Gasteiger partial charge in [-0.2, -0.15) is 5.26 Å². The zero-order valence-corrected chi connectivity index (χ0v) is 9.13. The number of hydrogen-bond acceptors (Lipinski definition) is 4. The maximum absolute atomic E-state index is 8.91. The van der Waals surface area contributed by atoms with E-state index in [-0.39, 0.29) is 5.28 Å².